The maximum atomic E-state index is 13.7. The zero-order valence-electron chi connectivity index (χ0n) is 18.1. The maximum Gasteiger partial charge on any atom is 0.328 e. The summed E-state index contributed by atoms with van der Waals surface area (Å²) in [5.41, 5.74) is 1.70. The molecule has 4 fully saturated rings. The zero-order chi connectivity index (χ0) is 21.4. The molecule has 1 atom stereocenters. The molecule has 0 spiro atoms. The van der Waals surface area contributed by atoms with Gasteiger partial charge in [-0.25, -0.2) is 4.79 Å². The van der Waals surface area contributed by atoms with E-state index in [2.05, 4.69) is 5.32 Å². The largest absolute Gasteiger partial charge is 0.467 e. The second-order valence-electron chi connectivity index (χ2n) is 10.00. The number of hydrogen-bond donors (Lipinski definition) is 1. The van der Waals surface area contributed by atoms with E-state index in [1.807, 2.05) is 60.7 Å². The number of rotatable bonds is 6. The first-order valence-corrected chi connectivity index (χ1v) is 11.6. The lowest BCUT2D eigenvalue weighted by Crippen LogP contribution is -2.60. The van der Waals surface area contributed by atoms with Crippen molar-refractivity contribution in [1.29, 1.82) is 0 Å². The SMILES string of the molecule is COC(=O)[C@H](NC(=O)C(c1ccccc1)c1ccccc1)C12CC3CC(CC(C3)C1)C2. The highest BCUT2D eigenvalue weighted by Gasteiger charge is 2.57. The average molecular weight is 418 g/mol. The van der Waals surface area contributed by atoms with Crippen LogP contribution in [0.25, 0.3) is 0 Å². The van der Waals surface area contributed by atoms with Crippen molar-refractivity contribution in [2.24, 2.45) is 23.2 Å². The number of nitrogens with one attached hydrogen (secondary N) is 1. The first-order valence-electron chi connectivity index (χ1n) is 11.6. The van der Waals surface area contributed by atoms with E-state index in [1.165, 1.54) is 26.4 Å². The summed E-state index contributed by atoms with van der Waals surface area (Å²) in [7, 11) is 1.44. The van der Waals surface area contributed by atoms with Crippen molar-refractivity contribution in [3.8, 4) is 0 Å². The van der Waals surface area contributed by atoms with Crippen LogP contribution in [0.2, 0.25) is 0 Å². The minimum Gasteiger partial charge on any atom is -0.467 e. The fourth-order valence-corrected chi connectivity index (χ4v) is 7.12. The molecule has 0 radical (unpaired) electrons. The molecule has 0 saturated heterocycles. The summed E-state index contributed by atoms with van der Waals surface area (Å²) < 4.78 is 5.24. The van der Waals surface area contributed by atoms with Gasteiger partial charge in [0, 0.05) is 5.41 Å². The van der Waals surface area contributed by atoms with Crippen LogP contribution in [0, 0.1) is 23.2 Å². The minimum absolute atomic E-state index is 0.122. The van der Waals surface area contributed by atoms with Gasteiger partial charge in [-0.15, -0.1) is 0 Å². The molecule has 31 heavy (non-hydrogen) atoms. The van der Waals surface area contributed by atoms with Crippen LogP contribution in [0.15, 0.2) is 60.7 Å². The Bertz CT molecular complexity index is 865. The number of amides is 1. The number of benzene rings is 2. The van der Waals surface area contributed by atoms with Crippen molar-refractivity contribution in [3.05, 3.63) is 71.8 Å². The van der Waals surface area contributed by atoms with Crippen LogP contribution >= 0.6 is 0 Å². The molecule has 0 heterocycles. The molecule has 4 aliphatic carbocycles. The number of methoxy groups -OCH3 is 1. The van der Waals surface area contributed by atoms with E-state index < -0.39 is 12.0 Å². The molecule has 2 aromatic carbocycles. The van der Waals surface area contributed by atoms with E-state index in [0.29, 0.717) is 17.8 Å². The van der Waals surface area contributed by atoms with Gasteiger partial charge in [0.05, 0.1) is 13.0 Å². The summed E-state index contributed by atoms with van der Waals surface area (Å²) in [6.07, 6.45) is 6.95. The van der Waals surface area contributed by atoms with Crippen molar-refractivity contribution in [3.63, 3.8) is 0 Å². The van der Waals surface area contributed by atoms with E-state index in [4.69, 9.17) is 4.74 Å². The van der Waals surface area contributed by atoms with Gasteiger partial charge in [-0.1, -0.05) is 60.7 Å². The van der Waals surface area contributed by atoms with E-state index in [-0.39, 0.29) is 17.3 Å². The molecule has 4 heteroatoms. The molecule has 1 amide bonds. The van der Waals surface area contributed by atoms with Gasteiger partial charge >= 0.3 is 5.97 Å². The van der Waals surface area contributed by atoms with Gasteiger partial charge < -0.3 is 10.1 Å². The fraction of sp³-hybridized carbons (Fsp3) is 0.481. The normalized spacial score (nSPS) is 29.5. The maximum absolute atomic E-state index is 13.7. The Hall–Kier alpha value is -2.62. The quantitative estimate of drug-likeness (QED) is 0.694. The monoisotopic (exact) mass is 417 g/mol. The molecule has 2 aromatic rings. The van der Waals surface area contributed by atoms with Gasteiger partial charge in [-0.3, -0.25) is 4.79 Å². The summed E-state index contributed by atoms with van der Waals surface area (Å²) in [5.74, 6) is 1.19. The van der Waals surface area contributed by atoms with Crippen LogP contribution in [0.1, 0.15) is 55.6 Å². The van der Waals surface area contributed by atoms with Crippen LogP contribution in [0.5, 0.6) is 0 Å². The van der Waals surface area contributed by atoms with Gasteiger partial charge in [-0.05, 0) is 67.4 Å². The predicted molar refractivity (Wildman–Crippen MR) is 119 cm³/mol. The van der Waals surface area contributed by atoms with Crippen LogP contribution in [-0.2, 0) is 14.3 Å². The lowest BCUT2D eigenvalue weighted by atomic mass is 9.47. The van der Waals surface area contributed by atoms with Crippen LogP contribution < -0.4 is 5.32 Å². The third-order valence-corrected chi connectivity index (χ3v) is 7.95. The van der Waals surface area contributed by atoms with E-state index in [9.17, 15) is 9.59 Å². The molecule has 0 aliphatic heterocycles. The highest BCUT2D eigenvalue weighted by atomic mass is 16.5. The Morgan fingerprint density at radius 3 is 1.71 bits per heavy atom. The number of carbonyl (C=O) groups excluding carboxylic acids is 2. The summed E-state index contributed by atoms with van der Waals surface area (Å²) >= 11 is 0. The molecule has 4 saturated carbocycles. The molecule has 1 N–H and O–H groups in total. The molecular formula is C27H31NO3. The molecule has 0 unspecified atom stereocenters. The average Bonchev–Trinajstić information content (AvgIpc) is 2.77. The number of ether oxygens (including phenoxy) is 1. The third-order valence-electron chi connectivity index (χ3n) is 7.95. The summed E-state index contributed by atoms with van der Waals surface area (Å²) in [6, 6.07) is 19.1. The Kier molecular flexibility index (Phi) is 5.33. The van der Waals surface area contributed by atoms with E-state index in [0.717, 1.165) is 30.4 Å². The number of carbonyl (C=O) groups is 2. The Morgan fingerprint density at radius 1 is 0.839 bits per heavy atom. The smallest absolute Gasteiger partial charge is 0.328 e. The van der Waals surface area contributed by atoms with Crippen molar-refractivity contribution < 1.29 is 14.3 Å². The van der Waals surface area contributed by atoms with Gasteiger partial charge in [-0.2, -0.15) is 0 Å². The minimum atomic E-state index is -0.576. The second kappa shape index (κ2) is 8.14. The lowest BCUT2D eigenvalue weighted by Gasteiger charge is -2.58. The predicted octanol–water partition coefficient (Wildman–Crippen LogP) is 4.69. The van der Waals surface area contributed by atoms with Gasteiger partial charge in [0.1, 0.15) is 6.04 Å². The fourth-order valence-electron chi connectivity index (χ4n) is 7.12. The van der Waals surface area contributed by atoms with E-state index in [1.54, 1.807) is 0 Å². The molecule has 6 rings (SSSR count). The first kappa shape index (κ1) is 20.3. The molecule has 4 bridgehead atoms. The van der Waals surface area contributed by atoms with Crippen LogP contribution in [0.3, 0.4) is 0 Å². The number of hydrogen-bond acceptors (Lipinski definition) is 3. The summed E-state index contributed by atoms with van der Waals surface area (Å²) in [4.78, 5) is 26.8. The number of esters is 1. The topological polar surface area (TPSA) is 55.4 Å². The molecule has 0 aromatic heterocycles. The highest BCUT2D eigenvalue weighted by Crippen LogP contribution is 2.61. The van der Waals surface area contributed by atoms with Crippen molar-refractivity contribution in [1.82, 2.24) is 5.32 Å². The molecular weight excluding hydrogens is 386 g/mol. The van der Waals surface area contributed by atoms with Gasteiger partial charge in [0.2, 0.25) is 5.91 Å². The first-order chi connectivity index (χ1) is 15.1. The van der Waals surface area contributed by atoms with Crippen molar-refractivity contribution >= 4 is 11.9 Å². The highest BCUT2D eigenvalue weighted by molar-refractivity contribution is 5.91. The van der Waals surface area contributed by atoms with Gasteiger partial charge in [0.25, 0.3) is 0 Å². The van der Waals surface area contributed by atoms with Crippen molar-refractivity contribution in [2.45, 2.75) is 50.5 Å². The van der Waals surface area contributed by atoms with Crippen LogP contribution in [0.4, 0.5) is 0 Å². The van der Waals surface area contributed by atoms with Crippen molar-refractivity contribution in [2.75, 3.05) is 7.11 Å². The molecule has 4 aliphatic rings. The Morgan fingerprint density at radius 2 is 1.29 bits per heavy atom. The van der Waals surface area contributed by atoms with E-state index >= 15 is 0 Å². The molecule has 162 valence electrons. The summed E-state index contributed by atoms with van der Waals surface area (Å²) in [5, 5.41) is 3.21. The van der Waals surface area contributed by atoms with Crippen LogP contribution in [-0.4, -0.2) is 25.0 Å². The second-order valence-corrected chi connectivity index (χ2v) is 10.00. The standard InChI is InChI=1S/C27H31NO3/c1-31-26(30)24(27-15-18-12-19(16-27)14-20(13-18)17-27)28-25(29)23(21-8-4-2-5-9-21)22-10-6-3-7-11-22/h2-11,18-20,23-24H,12-17H2,1H3,(H,28,29)/t18?,19?,20?,24-,27?/m0/s1. The third kappa shape index (κ3) is 3.77. The lowest BCUT2D eigenvalue weighted by molar-refractivity contribution is -0.157. The zero-order valence-corrected chi connectivity index (χ0v) is 18.1. The Balaban J connectivity index is 1.47. The Labute approximate surface area is 184 Å². The molecule has 4 nitrogen and oxygen atoms in total. The van der Waals surface area contributed by atoms with Gasteiger partial charge in [0.15, 0.2) is 0 Å². The summed E-state index contributed by atoms with van der Waals surface area (Å²) in [6.45, 7) is 0.